The monoisotopic (exact) mass is 262 g/mol. The van der Waals surface area contributed by atoms with Crippen molar-refractivity contribution in [3.63, 3.8) is 0 Å². The van der Waals surface area contributed by atoms with Crippen molar-refractivity contribution in [2.75, 3.05) is 6.61 Å². The Labute approximate surface area is 110 Å². The number of aliphatic hydroxyl groups is 2. The minimum absolute atomic E-state index is 0.0754. The van der Waals surface area contributed by atoms with E-state index < -0.39 is 29.9 Å². The first kappa shape index (κ1) is 12.3. The molecule has 2 aliphatic rings. The second-order valence-electron chi connectivity index (χ2n) is 4.76. The van der Waals surface area contributed by atoms with Crippen molar-refractivity contribution in [1.82, 2.24) is 0 Å². The Morgan fingerprint density at radius 2 is 2.00 bits per heavy atom. The zero-order valence-electron chi connectivity index (χ0n) is 10.1. The van der Waals surface area contributed by atoms with Crippen LogP contribution in [0.2, 0.25) is 0 Å². The van der Waals surface area contributed by atoms with Crippen LogP contribution < -0.4 is 0 Å². The van der Waals surface area contributed by atoms with Crippen molar-refractivity contribution in [3.05, 3.63) is 48.0 Å². The molecule has 0 saturated carbocycles. The van der Waals surface area contributed by atoms with Gasteiger partial charge in [-0.15, -0.1) is 0 Å². The van der Waals surface area contributed by atoms with Crippen LogP contribution in [0.3, 0.4) is 0 Å². The van der Waals surface area contributed by atoms with Gasteiger partial charge in [-0.3, -0.25) is 0 Å². The standard InChI is InChI=1S/C14H14O5/c15-10-6-7-11(16)14(12(10)19-14)8-18-13(17)9-4-2-1-3-5-9/h1-7,10-12,15-16H,8H2. The molecule has 1 aliphatic heterocycles. The number of epoxide rings is 1. The van der Waals surface area contributed by atoms with Crippen molar-refractivity contribution in [3.8, 4) is 0 Å². The van der Waals surface area contributed by atoms with E-state index in [2.05, 4.69) is 0 Å². The maximum Gasteiger partial charge on any atom is 0.338 e. The Hall–Kier alpha value is -1.69. The summed E-state index contributed by atoms with van der Waals surface area (Å²) in [6.45, 7) is -0.0754. The molecule has 5 nitrogen and oxygen atoms in total. The molecular weight excluding hydrogens is 248 g/mol. The summed E-state index contributed by atoms with van der Waals surface area (Å²) in [5.74, 6) is -0.472. The molecule has 1 aromatic rings. The maximum absolute atomic E-state index is 11.8. The van der Waals surface area contributed by atoms with E-state index in [0.29, 0.717) is 5.56 Å². The molecule has 1 saturated heterocycles. The van der Waals surface area contributed by atoms with E-state index in [1.54, 1.807) is 24.3 Å². The van der Waals surface area contributed by atoms with E-state index in [9.17, 15) is 15.0 Å². The first-order valence-electron chi connectivity index (χ1n) is 6.08. The van der Waals surface area contributed by atoms with Crippen LogP contribution >= 0.6 is 0 Å². The van der Waals surface area contributed by atoms with E-state index in [1.807, 2.05) is 6.07 Å². The lowest BCUT2D eigenvalue weighted by Crippen LogP contribution is -2.42. The Morgan fingerprint density at radius 3 is 2.74 bits per heavy atom. The maximum atomic E-state index is 11.8. The highest BCUT2D eigenvalue weighted by Crippen LogP contribution is 2.45. The van der Waals surface area contributed by atoms with Gasteiger partial charge >= 0.3 is 5.97 Å². The first-order valence-corrected chi connectivity index (χ1v) is 6.08. The van der Waals surface area contributed by atoms with Crippen LogP contribution in [0.4, 0.5) is 0 Å². The van der Waals surface area contributed by atoms with Gasteiger partial charge in [0.25, 0.3) is 0 Å². The van der Waals surface area contributed by atoms with Gasteiger partial charge < -0.3 is 19.7 Å². The third kappa shape index (κ3) is 2.06. The average molecular weight is 262 g/mol. The number of hydrogen-bond donors (Lipinski definition) is 2. The number of benzene rings is 1. The van der Waals surface area contributed by atoms with Crippen molar-refractivity contribution < 1.29 is 24.5 Å². The molecule has 1 aliphatic carbocycles. The number of ether oxygens (including phenoxy) is 2. The van der Waals surface area contributed by atoms with Crippen LogP contribution in [0, 0.1) is 0 Å². The average Bonchev–Trinajstić information content (AvgIpc) is 3.19. The van der Waals surface area contributed by atoms with Gasteiger partial charge in [-0.25, -0.2) is 4.79 Å². The van der Waals surface area contributed by atoms with Gasteiger partial charge in [0, 0.05) is 0 Å². The molecule has 19 heavy (non-hydrogen) atoms. The molecule has 0 bridgehead atoms. The third-order valence-corrected chi connectivity index (χ3v) is 3.51. The van der Waals surface area contributed by atoms with Gasteiger partial charge in [0.1, 0.15) is 24.9 Å². The molecule has 4 unspecified atom stereocenters. The molecule has 1 aromatic carbocycles. The quantitative estimate of drug-likeness (QED) is 0.464. The summed E-state index contributed by atoms with van der Waals surface area (Å²) in [6, 6.07) is 8.59. The second kappa shape index (κ2) is 4.45. The molecule has 5 heteroatoms. The van der Waals surface area contributed by atoms with Gasteiger partial charge in [0.2, 0.25) is 0 Å². The molecule has 0 spiro atoms. The largest absolute Gasteiger partial charge is 0.459 e. The number of esters is 1. The van der Waals surface area contributed by atoms with Crippen LogP contribution in [0.25, 0.3) is 0 Å². The molecular formula is C14H14O5. The van der Waals surface area contributed by atoms with E-state index >= 15 is 0 Å². The SMILES string of the molecule is O=C(OCC12OC1C(O)C=CC2O)c1ccccc1. The Kier molecular flexibility index (Phi) is 2.89. The summed E-state index contributed by atoms with van der Waals surface area (Å²) in [4.78, 5) is 11.8. The predicted molar refractivity (Wildman–Crippen MR) is 65.5 cm³/mol. The summed E-state index contributed by atoms with van der Waals surface area (Å²) >= 11 is 0. The lowest BCUT2D eigenvalue weighted by Gasteiger charge is -2.21. The minimum atomic E-state index is -0.987. The molecule has 0 aromatic heterocycles. The number of rotatable bonds is 3. The Balaban J connectivity index is 1.65. The first-order chi connectivity index (χ1) is 9.13. The summed E-state index contributed by atoms with van der Waals surface area (Å²) < 4.78 is 10.5. The Bertz CT molecular complexity index is 512. The van der Waals surface area contributed by atoms with E-state index in [4.69, 9.17) is 9.47 Å². The van der Waals surface area contributed by atoms with Crippen molar-refractivity contribution >= 4 is 5.97 Å². The lowest BCUT2D eigenvalue weighted by atomic mass is 9.90. The summed E-state index contributed by atoms with van der Waals surface area (Å²) in [6.07, 6.45) is 0.809. The van der Waals surface area contributed by atoms with Crippen LogP contribution in [0.5, 0.6) is 0 Å². The lowest BCUT2D eigenvalue weighted by molar-refractivity contribution is 0.0192. The molecule has 4 atom stereocenters. The fraction of sp³-hybridized carbons (Fsp3) is 0.357. The molecule has 1 fully saturated rings. The number of carbonyl (C=O) groups excluding carboxylic acids is 1. The summed E-state index contributed by atoms with van der Waals surface area (Å²) in [5.41, 5.74) is -0.545. The van der Waals surface area contributed by atoms with Crippen molar-refractivity contribution in [2.45, 2.75) is 23.9 Å². The zero-order valence-corrected chi connectivity index (χ0v) is 10.1. The molecule has 2 N–H and O–H groups in total. The highest BCUT2D eigenvalue weighted by atomic mass is 16.7. The normalized spacial score (nSPS) is 35.6. The van der Waals surface area contributed by atoms with Crippen LogP contribution in [0.15, 0.2) is 42.5 Å². The summed E-state index contributed by atoms with van der Waals surface area (Å²) in [5, 5.41) is 19.5. The van der Waals surface area contributed by atoms with Crippen LogP contribution in [-0.2, 0) is 9.47 Å². The molecule has 100 valence electrons. The van der Waals surface area contributed by atoms with Gasteiger partial charge in [0.05, 0.1) is 5.56 Å². The van der Waals surface area contributed by atoms with E-state index in [0.717, 1.165) is 0 Å². The topological polar surface area (TPSA) is 79.3 Å². The van der Waals surface area contributed by atoms with Crippen molar-refractivity contribution in [1.29, 1.82) is 0 Å². The van der Waals surface area contributed by atoms with Gasteiger partial charge in [-0.05, 0) is 12.1 Å². The predicted octanol–water partition coefficient (Wildman–Crippen LogP) is 0.273. The fourth-order valence-electron chi connectivity index (χ4n) is 2.32. The highest BCUT2D eigenvalue weighted by Gasteiger charge is 2.66. The minimum Gasteiger partial charge on any atom is -0.459 e. The van der Waals surface area contributed by atoms with E-state index in [1.165, 1.54) is 12.2 Å². The zero-order chi connectivity index (χ0) is 13.5. The molecule has 1 heterocycles. The number of carbonyl (C=O) groups is 1. The highest BCUT2D eigenvalue weighted by molar-refractivity contribution is 5.89. The van der Waals surface area contributed by atoms with Gasteiger partial charge in [0.15, 0.2) is 5.60 Å². The second-order valence-corrected chi connectivity index (χ2v) is 4.76. The molecule has 0 amide bonds. The van der Waals surface area contributed by atoms with Gasteiger partial charge in [-0.2, -0.15) is 0 Å². The Morgan fingerprint density at radius 1 is 1.26 bits per heavy atom. The van der Waals surface area contributed by atoms with Gasteiger partial charge in [-0.1, -0.05) is 30.4 Å². The smallest absolute Gasteiger partial charge is 0.338 e. The number of aliphatic hydroxyl groups excluding tert-OH is 2. The van der Waals surface area contributed by atoms with E-state index in [-0.39, 0.29) is 6.61 Å². The fourth-order valence-corrected chi connectivity index (χ4v) is 2.32. The van der Waals surface area contributed by atoms with Crippen LogP contribution in [0.1, 0.15) is 10.4 Å². The summed E-state index contributed by atoms with van der Waals surface area (Å²) in [7, 11) is 0. The number of fused-ring (bicyclic) bond motifs is 1. The van der Waals surface area contributed by atoms with Crippen LogP contribution in [-0.4, -0.2) is 46.7 Å². The third-order valence-electron chi connectivity index (χ3n) is 3.51. The number of hydrogen-bond acceptors (Lipinski definition) is 5. The molecule has 3 rings (SSSR count). The van der Waals surface area contributed by atoms with Crippen molar-refractivity contribution in [2.24, 2.45) is 0 Å². The molecule has 0 radical (unpaired) electrons.